The summed E-state index contributed by atoms with van der Waals surface area (Å²) >= 11 is 0. The molecule has 1 unspecified atom stereocenters. The normalized spacial score (nSPS) is 19.4. The molecule has 3 heterocycles. The van der Waals surface area contributed by atoms with E-state index in [9.17, 15) is 0 Å². The summed E-state index contributed by atoms with van der Waals surface area (Å²) in [5, 5.41) is 12.6. The number of aromatic nitrogens is 3. The molecule has 0 aliphatic carbocycles. The minimum Gasteiger partial charge on any atom is -0.370 e. The summed E-state index contributed by atoms with van der Waals surface area (Å²) in [6.07, 6.45) is 3.49. The second-order valence-electron chi connectivity index (χ2n) is 3.87. The van der Waals surface area contributed by atoms with E-state index in [1.807, 2.05) is 6.07 Å². The molecule has 3 rings (SSSR count). The minimum absolute atomic E-state index is 0.0575. The molecular weight excluding hydrogens is 220 g/mol. The number of hydrogen-bond donors (Lipinski definition) is 1. The molecule has 0 bridgehead atoms. The SMILES string of the molecule is N#Cc1c[nH]c(-c2nc(C3CCCO3)no2)c1. The van der Waals surface area contributed by atoms with Gasteiger partial charge in [0, 0.05) is 12.8 Å². The van der Waals surface area contributed by atoms with Crippen molar-refractivity contribution in [2.24, 2.45) is 0 Å². The fraction of sp³-hybridized carbons (Fsp3) is 0.364. The molecule has 17 heavy (non-hydrogen) atoms. The largest absolute Gasteiger partial charge is 0.370 e. The Morgan fingerprint density at radius 2 is 2.47 bits per heavy atom. The van der Waals surface area contributed by atoms with Crippen LogP contribution in [-0.4, -0.2) is 21.7 Å². The Balaban J connectivity index is 1.86. The van der Waals surface area contributed by atoms with E-state index in [1.165, 1.54) is 0 Å². The van der Waals surface area contributed by atoms with Crippen LogP contribution in [0.4, 0.5) is 0 Å². The predicted molar refractivity (Wildman–Crippen MR) is 56.7 cm³/mol. The average molecular weight is 230 g/mol. The number of nitriles is 1. The van der Waals surface area contributed by atoms with E-state index < -0.39 is 0 Å². The van der Waals surface area contributed by atoms with Gasteiger partial charge >= 0.3 is 0 Å². The van der Waals surface area contributed by atoms with Crippen molar-refractivity contribution >= 4 is 0 Å². The average Bonchev–Trinajstić information content (AvgIpc) is 3.09. The summed E-state index contributed by atoms with van der Waals surface area (Å²) in [5.41, 5.74) is 1.19. The lowest BCUT2D eigenvalue weighted by atomic mass is 10.2. The summed E-state index contributed by atoms with van der Waals surface area (Å²) < 4.78 is 10.6. The number of hydrogen-bond acceptors (Lipinski definition) is 5. The van der Waals surface area contributed by atoms with Gasteiger partial charge in [-0.1, -0.05) is 5.16 Å². The first-order chi connectivity index (χ1) is 8.36. The zero-order chi connectivity index (χ0) is 11.7. The minimum atomic E-state index is -0.0575. The first-order valence-corrected chi connectivity index (χ1v) is 5.41. The zero-order valence-electron chi connectivity index (χ0n) is 9.01. The third-order valence-electron chi connectivity index (χ3n) is 2.70. The molecule has 1 fully saturated rings. The highest BCUT2D eigenvalue weighted by Gasteiger charge is 2.23. The molecule has 0 spiro atoms. The first kappa shape index (κ1) is 10.1. The van der Waals surface area contributed by atoms with E-state index in [-0.39, 0.29) is 6.10 Å². The lowest BCUT2D eigenvalue weighted by Gasteiger charge is -2.00. The van der Waals surface area contributed by atoms with E-state index in [2.05, 4.69) is 15.1 Å². The number of ether oxygens (including phenoxy) is 1. The summed E-state index contributed by atoms with van der Waals surface area (Å²) in [5.74, 6) is 0.961. The number of nitrogens with one attached hydrogen (secondary N) is 1. The van der Waals surface area contributed by atoms with Crippen molar-refractivity contribution in [2.45, 2.75) is 18.9 Å². The van der Waals surface area contributed by atoms with Crippen LogP contribution in [-0.2, 0) is 4.74 Å². The number of H-pyrrole nitrogens is 1. The lowest BCUT2D eigenvalue weighted by molar-refractivity contribution is 0.103. The Hall–Kier alpha value is -2.13. The maximum Gasteiger partial charge on any atom is 0.274 e. The predicted octanol–water partition coefficient (Wildman–Crippen LogP) is 1.79. The van der Waals surface area contributed by atoms with Crippen LogP contribution in [0.1, 0.15) is 30.3 Å². The third kappa shape index (κ3) is 1.81. The van der Waals surface area contributed by atoms with Crippen LogP contribution in [0.3, 0.4) is 0 Å². The Morgan fingerprint density at radius 3 is 3.18 bits per heavy atom. The van der Waals surface area contributed by atoms with Crippen LogP contribution in [0.15, 0.2) is 16.8 Å². The molecule has 1 atom stereocenters. The fourth-order valence-corrected chi connectivity index (χ4v) is 1.84. The maximum atomic E-state index is 8.72. The number of nitrogens with zero attached hydrogens (tertiary/aromatic N) is 3. The van der Waals surface area contributed by atoms with Crippen molar-refractivity contribution in [3.63, 3.8) is 0 Å². The van der Waals surface area contributed by atoms with Gasteiger partial charge in [-0.15, -0.1) is 0 Å². The van der Waals surface area contributed by atoms with Crippen molar-refractivity contribution in [1.29, 1.82) is 5.26 Å². The van der Waals surface area contributed by atoms with E-state index >= 15 is 0 Å². The van der Waals surface area contributed by atoms with Crippen LogP contribution in [0.5, 0.6) is 0 Å². The summed E-state index contributed by atoms with van der Waals surface area (Å²) in [7, 11) is 0. The fourth-order valence-electron chi connectivity index (χ4n) is 1.84. The molecule has 0 amide bonds. The van der Waals surface area contributed by atoms with Crippen LogP contribution in [0.25, 0.3) is 11.6 Å². The van der Waals surface area contributed by atoms with E-state index in [4.69, 9.17) is 14.5 Å². The molecule has 1 aliphatic rings. The van der Waals surface area contributed by atoms with Gasteiger partial charge in [-0.05, 0) is 18.9 Å². The van der Waals surface area contributed by atoms with Crippen LogP contribution in [0, 0.1) is 11.3 Å². The molecule has 6 heteroatoms. The smallest absolute Gasteiger partial charge is 0.274 e. The second kappa shape index (κ2) is 4.03. The highest BCUT2D eigenvalue weighted by Crippen LogP contribution is 2.27. The molecule has 86 valence electrons. The van der Waals surface area contributed by atoms with Crippen LogP contribution in [0.2, 0.25) is 0 Å². The quantitative estimate of drug-likeness (QED) is 0.849. The topological polar surface area (TPSA) is 87.7 Å². The van der Waals surface area contributed by atoms with Gasteiger partial charge in [-0.3, -0.25) is 0 Å². The highest BCUT2D eigenvalue weighted by atomic mass is 16.5. The summed E-state index contributed by atoms with van der Waals surface area (Å²) in [6, 6.07) is 3.71. The lowest BCUT2D eigenvalue weighted by Crippen LogP contribution is -1.97. The van der Waals surface area contributed by atoms with Gasteiger partial charge < -0.3 is 14.2 Å². The van der Waals surface area contributed by atoms with Gasteiger partial charge in [0.05, 0.1) is 5.56 Å². The van der Waals surface area contributed by atoms with Gasteiger partial charge in [-0.25, -0.2) is 0 Å². The molecule has 2 aromatic heterocycles. The monoisotopic (exact) mass is 230 g/mol. The van der Waals surface area contributed by atoms with Crippen molar-refractivity contribution < 1.29 is 9.26 Å². The molecule has 1 N–H and O–H groups in total. The van der Waals surface area contributed by atoms with Gasteiger partial charge in [0.2, 0.25) is 5.82 Å². The molecule has 6 nitrogen and oxygen atoms in total. The molecule has 0 saturated carbocycles. The number of rotatable bonds is 2. The molecule has 0 radical (unpaired) electrons. The Morgan fingerprint density at radius 1 is 1.53 bits per heavy atom. The molecule has 2 aromatic rings. The van der Waals surface area contributed by atoms with E-state index in [0.717, 1.165) is 19.4 Å². The molecule has 1 aliphatic heterocycles. The Kier molecular flexibility index (Phi) is 2.38. The molecule has 1 saturated heterocycles. The third-order valence-corrected chi connectivity index (χ3v) is 2.70. The van der Waals surface area contributed by atoms with Crippen LogP contribution < -0.4 is 0 Å². The van der Waals surface area contributed by atoms with Crippen molar-refractivity contribution in [2.75, 3.05) is 6.61 Å². The standard InChI is InChI=1S/C11H10N4O2/c12-5-7-4-8(13-6-7)11-14-10(15-17-11)9-2-1-3-16-9/h4,6,9,13H,1-3H2. The Labute approximate surface area is 97.2 Å². The van der Waals surface area contributed by atoms with Crippen molar-refractivity contribution in [3.05, 3.63) is 23.7 Å². The second-order valence-corrected chi connectivity index (χ2v) is 3.87. The summed E-state index contributed by atoms with van der Waals surface area (Å²) in [4.78, 5) is 7.18. The van der Waals surface area contributed by atoms with Crippen LogP contribution >= 0.6 is 0 Å². The first-order valence-electron chi connectivity index (χ1n) is 5.41. The summed E-state index contributed by atoms with van der Waals surface area (Å²) in [6.45, 7) is 0.746. The number of aromatic amines is 1. The van der Waals surface area contributed by atoms with Gasteiger partial charge in [-0.2, -0.15) is 10.2 Å². The molecule has 0 aromatic carbocycles. The Bertz CT molecular complexity index is 560. The van der Waals surface area contributed by atoms with E-state index in [1.54, 1.807) is 12.3 Å². The maximum absolute atomic E-state index is 8.72. The van der Waals surface area contributed by atoms with E-state index in [0.29, 0.717) is 23.0 Å². The zero-order valence-corrected chi connectivity index (χ0v) is 9.01. The van der Waals surface area contributed by atoms with Gasteiger partial charge in [0.1, 0.15) is 17.9 Å². The van der Waals surface area contributed by atoms with Crippen molar-refractivity contribution in [1.82, 2.24) is 15.1 Å². The van der Waals surface area contributed by atoms with Crippen molar-refractivity contribution in [3.8, 4) is 17.7 Å². The highest BCUT2D eigenvalue weighted by molar-refractivity contribution is 5.51. The van der Waals surface area contributed by atoms with Gasteiger partial charge in [0.15, 0.2) is 0 Å². The van der Waals surface area contributed by atoms with Gasteiger partial charge in [0.25, 0.3) is 5.89 Å². The molecular formula is C11H10N4O2.